The van der Waals surface area contributed by atoms with Crippen LogP contribution >= 0.6 is 0 Å². The highest BCUT2D eigenvalue weighted by Crippen LogP contribution is 2.15. The summed E-state index contributed by atoms with van der Waals surface area (Å²) in [5.41, 5.74) is 0. The SMILES string of the molecule is C=C(F)COC(=O)C(=O)N(C)CC(F)(F)F. The summed E-state index contributed by atoms with van der Waals surface area (Å²) in [7, 11) is 0.779. The maximum Gasteiger partial charge on any atom is 0.406 e. The minimum atomic E-state index is -4.62. The Hall–Kier alpha value is -1.60. The lowest BCUT2D eigenvalue weighted by atomic mass is 10.5. The van der Waals surface area contributed by atoms with Crippen LogP contribution in [0.1, 0.15) is 0 Å². The lowest BCUT2D eigenvalue weighted by Gasteiger charge is -2.17. The third-order valence-electron chi connectivity index (χ3n) is 1.30. The molecule has 0 bridgehead atoms. The summed E-state index contributed by atoms with van der Waals surface area (Å²) < 4.78 is 51.5. The van der Waals surface area contributed by atoms with E-state index in [1.165, 1.54) is 0 Å². The highest BCUT2D eigenvalue weighted by atomic mass is 19.4. The first-order chi connectivity index (χ1) is 7.13. The molecular weight excluding hydrogens is 234 g/mol. The van der Waals surface area contributed by atoms with Gasteiger partial charge in [0.2, 0.25) is 0 Å². The Labute approximate surface area is 88.5 Å². The fourth-order valence-electron chi connectivity index (χ4n) is 0.702. The number of carbonyl (C=O) groups excluding carboxylic acids is 2. The Balaban J connectivity index is 4.23. The summed E-state index contributed by atoms with van der Waals surface area (Å²) in [6.45, 7) is 0.299. The summed E-state index contributed by atoms with van der Waals surface area (Å²) in [5.74, 6) is -4.08. The van der Waals surface area contributed by atoms with Crippen molar-refractivity contribution < 1.29 is 31.9 Å². The number of amides is 1. The van der Waals surface area contributed by atoms with Gasteiger partial charge in [-0.2, -0.15) is 13.2 Å². The lowest BCUT2D eigenvalue weighted by molar-refractivity contribution is -0.169. The summed E-state index contributed by atoms with van der Waals surface area (Å²) in [6, 6.07) is 0. The van der Waals surface area contributed by atoms with Gasteiger partial charge in [-0.25, -0.2) is 9.18 Å². The van der Waals surface area contributed by atoms with Crippen molar-refractivity contribution in [2.24, 2.45) is 0 Å². The smallest absolute Gasteiger partial charge is 0.406 e. The first-order valence-corrected chi connectivity index (χ1v) is 3.95. The van der Waals surface area contributed by atoms with Gasteiger partial charge in [-0.3, -0.25) is 4.79 Å². The van der Waals surface area contributed by atoms with Crippen LogP contribution in [0.2, 0.25) is 0 Å². The molecule has 92 valence electrons. The molecule has 1 amide bonds. The third-order valence-corrected chi connectivity index (χ3v) is 1.30. The second-order valence-electron chi connectivity index (χ2n) is 2.87. The van der Waals surface area contributed by atoms with Crippen LogP contribution in [0.25, 0.3) is 0 Å². The number of halogens is 4. The second kappa shape index (κ2) is 5.47. The van der Waals surface area contributed by atoms with E-state index >= 15 is 0 Å². The molecule has 0 aliphatic rings. The lowest BCUT2D eigenvalue weighted by Crippen LogP contribution is -2.40. The number of carbonyl (C=O) groups is 2. The third kappa shape index (κ3) is 5.99. The van der Waals surface area contributed by atoms with E-state index in [1.54, 1.807) is 0 Å². The minimum Gasteiger partial charge on any atom is -0.451 e. The molecule has 0 N–H and O–H groups in total. The van der Waals surface area contributed by atoms with E-state index in [-0.39, 0.29) is 4.90 Å². The van der Waals surface area contributed by atoms with E-state index < -0.39 is 37.0 Å². The molecular formula is C8H9F4NO3. The van der Waals surface area contributed by atoms with E-state index in [1.807, 2.05) is 0 Å². The maximum absolute atomic E-state index is 12.0. The van der Waals surface area contributed by atoms with Crippen LogP contribution in [0.3, 0.4) is 0 Å². The zero-order valence-electron chi connectivity index (χ0n) is 8.31. The molecule has 0 heterocycles. The normalized spacial score (nSPS) is 10.8. The number of esters is 1. The quantitative estimate of drug-likeness (QED) is 0.422. The minimum absolute atomic E-state index is 0.128. The first kappa shape index (κ1) is 14.4. The highest BCUT2D eigenvalue weighted by Gasteiger charge is 2.33. The van der Waals surface area contributed by atoms with Crippen molar-refractivity contribution in [3.63, 3.8) is 0 Å². The molecule has 0 saturated carbocycles. The van der Waals surface area contributed by atoms with E-state index in [0.29, 0.717) is 0 Å². The van der Waals surface area contributed by atoms with Crippen LogP contribution in [-0.2, 0) is 14.3 Å². The number of likely N-dealkylation sites (N-methyl/N-ethyl adjacent to an activating group) is 1. The molecule has 0 fully saturated rings. The molecule has 0 aromatic heterocycles. The van der Waals surface area contributed by atoms with Crippen molar-refractivity contribution in [1.29, 1.82) is 0 Å². The Morgan fingerprint density at radius 1 is 1.38 bits per heavy atom. The van der Waals surface area contributed by atoms with E-state index in [4.69, 9.17) is 0 Å². The Kier molecular flexibility index (Phi) is 4.93. The summed E-state index contributed by atoms with van der Waals surface area (Å²) in [4.78, 5) is 21.8. The van der Waals surface area contributed by atoms with Gasteiger partial charge in [0.15, 0.2) is 0 Å². The first-order valence-electron chi connectivity index (χ1n) is 3.95. The number of hydrogen-bond donors (Lipinski definition) is 0. The molecule has 0 aliphatic carbocycles. The van der Waals surface area contributed by atoms with Crippen molar-refractivity contribution in [3.05, 3.63) is 12.4 Å². The maximum atomic E-state index is 12.0. The molecule has 8 heteroatoms. The Bertz CT molecular complexity index is 300. The second-order valence-corrected chi connectivity index (χ2v) is 2.87. The van der Waals surface area contributed by atoms with Crippen molar-refractivity contribution >= 4 is 11.9 Å². The largest absolute Gasteiger partial charge is 0.451 e. The van der Waals surface area contributed by atoms with Gasteiger partial charge in [0.1, 0.15) is 19.0 Å². The molecule has 0 aromatic carbocycles. The van der Waals surface area contributed by atoms with Crippen LogP contribution in [0.4, 0.5) is 17.6 Å². The average Bonchev–Trinajstić information content (AvgIpc) is 2.10. The molecule has 16 heavy (non-hydrogen) atoms. The molecule has 0 saturated heterocycles. The van der Waals surface area contributed by atoms with Gasteiger partial charge in [0, 0.05) is 7.05 Å². The number of hydrogen-bond acceptors (Lipinski definition) is 3. The fraction of sp³-hybridized carbons (Fsp3) is 0.500. The summed E-state index contributed by atoms with van der Waals surface area (Å²) in [5, 5.41) is 0. The van der Waals surface area contributed by atoms with Crippen LogP contribution in [0.5, 0.6) is 0 Å². The van der Waals surface area contributed by atoms with E-state index in [0.717, 1.165) is 7.05 Å². The molecule has 0 unspecified atom stereocenters. The van der Waals surface area contributed by atoms with Crippen LogP contribution < -0.4 is 0 Å². The van der Waals surface area contributed by atoms with Crippen LogP contribution in [-0.4, -0.2) is 43.2 Å². The van der Waals surface area contributed by atoms with E-state index in [9.17, 15) is 27.2 Å². The van der Waals surface area contributed by atoms with Crippen molar-refractivity contribution in [1.82, 2.24) is 4.90 Å². The molecule has 0 aliphatic heterocycles. The molecule has 0 spiro atoms. The zero-order chi connectivity index (χ0) is 12.9. The van der Waals surface area contributed by atoms with Crippen molar-refractivity contribution in [2.75, 3.05) is 20.2 Å². The summed E-state index contributed by atoms with van der Waals surface area (Å²) >= 11 is 0. The average molecular weight is 243 g/mol. The Morgan fingerprint density at radius 3 is 2.25 bits per heavy atom. The molecule has 0 aromatic rings. The van der Waals surface area contributed by atoms with Gasteiger partial charge in [-0.1, -0.05) is 6.58 Å². The number of alkyl halides is 3. The standard InChI is InChI=1S/C8H9F4NO3/c1-5(9)3-16-7(15)6(14)13(2)4-8(10,11)12/h1,3-4H2,2H3. The number of nitrogens with zero attached hydrogens (tertiary/aromatic N) is 1. The van der Waals surface area contributed by atoms with Crippen molar-refractivity contribution in [2.45, 2.75) is 6.18 Å². The topological polar surface area (TPSA) is 46.6 Å². The molecule has 0 atom stereocenters. The molecule has 4 nitrogen and oxygen atoms in total. The fourth-order valence-corrected chi connectivity index (χ4v) is 0.702. The zero-order valence-corrected chi connectivity index (χ0v) is 8.31. The molecule has 0 rings (SSSR count). The van der Waals surface area contributed by atoms with E-state index in [2.05, 4.69) is 11.3 Å². The number of rotatable bonds is 3. The predicted octanol–water partition coefficient (Wildman–Crippen LogP) is 1.03. The summed E-state index contributed by atoms with van der Waals surface area (Å²) in [6.07, 6.45) is -4.62. The predicted molar refractivity (Wildman–Crippen MR) is 44.9 cm³/mol. The van der Waals surface area contributed by atoms with Crippen molar-refractivity contribution in [3.8, 4) is 0 Å². The van der Waals surface area contributed by atoms with Crippen LogP contribution in [0.15, 0.2) is 12.4 Å². The van der Waals surface area contributed by atoms with Gasteiger partial charge >= 0.3 is 18.1 Å². The van der Waals surface area contributed by atoms with Gasteiger partial charge in [0.25, 0.3) is 0 Å². The molecule has 0 radical (unpaired) electrons. The highest BCUT2D eigenvalue weighted by molar-refractivity contribution is 6.32. The van der Waals surface area contributed by atoms with Gasteiger partial charge in [-0.15, -0.1) is 0 Å². The Morgan fingerprint density at radius 2 is 1.88 bits per heavy atom. The van der Waals surface area contributed by atoms with Gasteiger partial charge in [0.05, 0.1) is 0 Å². The monoisotopic (exact) mass is 243 g/mol. The van der Waals surface area contributed by atoms with Gasteiger partial charge < -0.3 is 9.64 Å². The van der Waals surface area contributed by atoms with Crippen LogP contribution in [0, 0.1) is 0 Å². The van der Waals surface area contributed by atoms with Gasteiger partial charge in [-0.05, 0) is 0 Å². The number of ether oxygens (including phenoxy) is 1.